The fourth-order valence-electron chi connectivity index (χ4n) is 4.79. The highest BCUT2D eigenvalue weighted by Gasteiger charge is 2.27. The van der Waals surface area contributed by atoms with Gasteiger partial charge in [0.05, 0.1) is 23.2 Å². The average Bonchev–Trinajstić information content (AvgIpc) is 3.53. The van der Waals surface area contributed by atoms with E-state index in [9.17, 15) is 9.18 Å². The SMILES string of the molecule is O=C(Cn1ncc2c1CCc1c-2sc2ncnc(Nc3ccc(OCc4cccc(F)c4)c(Cl)c3)c12)NCCO. The van der Waals surface area contributed by atoms with Crippen LogP contribution in [0.4, 0.5) is 15.9 Å². The zero-order chi connectivity index (χ0) is 27.6. The molecular formula is C28H24ClFN6O3S. The van der Waals surface area contributed by atoms with Crippen molar-refractivity contribution in [3.63, 3.8) is 0 Å². The summed E-state index contributed by atoms with van der Waals surface area (Å²) in [5.74, 6) is 0.659. The van der Waals surface area contributed by atoms with E-state index in [0.717, 1.165) is 50.4 Å². The Balaban J connectivity index is 1.23. The highest BCUT2D eigenvalue weighted by molar-refractivity contribution is 7.22. The standard InChI is InChI=1S/C28H24ClFN6O3S/c29-21-11-18(4-7-23(21)39-14-16-2-1-3-17(30)10-16)35-27-25-19-5-6-22-20(26(19)40-28(25)33-15-32-27)12-34-36(22)13-24(38)31-8-9-37/h1-4,7,10-12,15,37H,5-6,8-9,13-14H2,(H,31,38)(H,32,33,35). The van der Waals surface area contributed by atoms with Crippen LogP contribution in [0.2, 0.25) is 5.02 Å². The first-order valence-electron chi connectivity index (χ1n) is 12.6. The zero-order valence-electron chi connectivity index (χ0n) is 21.2. The van der Waals surface area contributed by atoms with Gasteiger partial charge in [0, 0.05) is 28.4 Å². The number of aromatic nitrogens is 4. The number of carbonyl (C=O) groups is 1. The summed E-state index contributed by atoms with van der Waals surface area (Å²) in [5, 5.41) is 20.8. The molecule has 0 aliphatic heterocycles. The van der Waals surface area contributed by atoms with Gasteiger partial charge in [-0.05, 0) is 54.3 Å². The summed E-state index contributed by atoms with van der Waals surface area (Å²) < 4.78 is 21.0. The molecule has 3 aromatic heterocycles. The quantitative estimate of drug-likeness (QED) is 0.228. The largest absolute Gasteiger partial charge is 0.487 e. The number of ether oxygens (including phenoxy) is 1. The molecule has 3 heterocycles. The lowest BCUT2D eigenvalue weighted by Gasteiger charge is -2.16. The molecule has 40 heavy (non-hydrogen) atoms. The van der Waals surface area contributed by atoms with E-state index in [1.807, 2.05) is 6.07 Å². The number of rotatable bonds is 9. The van der Waals surface area contributed by atoms with E-state index in [1.165, 1.54) is 18.5 Å². The fraction of sp³-hybridized carbons (Fsp3) is 0.214. The van der Waals surface area contributed by atoms with E-state index in [-0.39, 0.29) is 38.0 Å². The molecular weight excluding hydrogens is 555 g/mol. The molecule has 0 spiro atoms. The molecule has 12 heteroatoms. The lowest BCUT2D eigenvalue weighted by molar-refractivity contribution is -0.122. The Morgan fingerprint density at radius 1 is 1.20 bits per heavy atom. The van der Waals surface area contributed by atoms with Gasteiger partial charge in [-0.3, -0.25) is 9.48 Å². The van der Waals surface area contributed by atoms with Crippen LogP contribution in [0, 0.1) is 5.82 Å². The zero-order valence-corrected chi connectivity index (χ0v) is 22.7. The van der Waals surface area contributed by atoms with E-state index in [0.29, 0.717) is 22.2 Å². The number of nitrogens with one attached hydrogen (secondary N) is 2. The van der Waals surface area contributed by atoms with Gasteiger partial charge in [-0.2, -0.15) is 5.10 Å². The maximum atomic E-state index is 13.5. The molecule has 204 valence electrons. The number of benzene rings is 2. The summed E-state index contributed by atoms with van der Waals surface area (Å²) in [4.78, 5) is 23.2. The number of thiophene rings is 1. The molecule has 6 rings (SSSR count). The van der Waals surface area contributed by atoms with Gasteiger partial charge in [0.25, 0.3) is 0 Å². The van der Waals surface area contributed by atoms with Crippen LogP contribution in [0.25, 0.3) is 20.7 Å². The number of anilines is 2. The van der Waals surface area contributed by atoms with Crippen LogP contribution in [0.3, 0.4) is 0 Å². The Morgan fingerprint density at radius 3 is 2.92 bits per heavy atom. The van der Waals surface area contributed by atoms with Crippen molar-refractivity contribution >= 4 is 50.6 Å². The van der Waals surface area contributed by atoms with Crippen LogP contribution in [0.15, 0.2) is 55.0 Å². The Kier molecular flexibility index (Phi) is 7.33. The summed E-state index contributed by atoms with van der Waals surface area (Å²) in [6.07, 6.45) is 4.80. The predicted molar refractivity (Wildman–Crippen MR) is 152 cm³/mol. The van der Waals surface area contributed by atoms with Crippen LogP contribution < -0.4 is 15.4 Å². The second-order valence-electron chi connectivity index (χ2n) is 9.24. The van der Waals surface area contributed by atoms with E-state index in [2.05, 4.69) is 25.7 Å². The fourth-order valence-corrected chi connectivity index (χ4v) is 6.25. The highest BCUT2D eigenvalue weighted by Crippen LogP contribution is 2.45. The molecule has 0 saturated carbocycles. The third-order valence-electron chi connectivity index (χ3n) is 6.60. The van der Waals surface area contributed by atoms with E-state index in [1.54, 1.807) is 46.5 Å². The third kappa shape index (κ3) is 5.23. The van der Waals surface area contributed by atoms with Crippen molar-refractivity contribution in [1.82, 2.24) is 25.1 Å². The lowest BCUT2D eigenvalue weighted by Crippen LogP contribution is -2.31. The molecule has 0 atom stereocenters. The molecule has 1 amide bonds. The summed E-state index contributed by atoms with van der Waals surface area (Å²) in [7, 11) is 0. The van der Waals surface area contributed by atoms with Gasteiger partial charge in [0.1, 0.15) is 41.7 Å². The van der Waals surface area contributed by atoms with E-state index in [4.69, 9.17) is 21.4 Å². The molecule has 1 aliphatic carbocycles. The number of aryl methyl sites for hydroxylation is 1. The average molecular weight is 579 g/mol. The van der Waals surface area contributed by atoms with Gasteiger partial charge < -0.3 is 20.5 Å². The van der Waals surface area contributed by atoms with Crippen molar-refractivity contribution in [3.8, 4) is 16.2 Å². The summed E-state index contributed by atoms with van der Waals surface area (Å²) in [6, 6.07) is 11.6. The maximum Gasteiger partial charge on any atom is 0.241 e. The smallest absolute Gasteiger partial charge is 0.241 e. The monoisotopic (exact) mass is 578 g/mol. The van der Waals surface area contributed by atoms with Crippen LogP contribution in [-0.2, 0) is 30.8 Å². The molecule has 0 unspecified atom stereocenters. The number of nitrogens with zero attached hydrogens (tertiary/aromatic N) is 4. The number of halogens is 2. The minimum atomic E-state index is -0.315. The Bertz CT molecular complexity index is 1720. The van der Waals surface area contributed by atoms with E-state index < -0.39 is 0 Å². The predicted octanol–water partition coefficient (Wildman–Crippen LogP) is 4.88. The molecule has 1 aliphatic rings. The minimum Gasteiger partial charge on any atom is -0.487 e. The van der Waals surface area contributed by atoms with Gasteiger partial charge in [-0.1, -0.05) is 23.7 Å². The van der Waals surface area contributed by atoms with Crippen LogP contribution in [-0.4, -0.2) is 43.9 Å². The number of aliphatic hydroxyl groups excluding tert-OH is 1. The number of fused-ring (bicyclic) bond motifs is 5. The van der Waals surface area contributed by atoms with Gasteiger partial charge in [-0.25, -0.2) is 14.4 Å². The van der Waals surface area contributed by atoms with Gasteiger partial charge >= 0.3 is 0 Å². The maximum absolute atomic E-state index is 13.5. The second kappa shape index (κ2) is 11.2. The van der Waals surface area contributed by atoms with Crippen LogP contribution in [0.5, 0.6) is 5.75 Å². The lowest BCUT2D eigenvalue weighted by atomic mass is 9.95. The van der Waals surface area contributed by atoms with Crippen molar-refractivity contribution in [1.29, 1.82) is 0 Å². The van der Waals surface area contributed by atoms with E-state index >= 15 is 0 Å². The van der Waals surface area contributed by atoms with Crippen molar-refractivity contribution in [2.45, 2.75) is 26.0 Å². The highest BCUT2D eigenvalue weighted by atomic mass is 35.5. The first kappa shape index (κ1) is 26.2. The molecule has 0 bridgehead atoms. The van der Waals surface area contributed by atoms with Crippen LogP contribution in [0.1, 0.15) is 16.8 Å². The molecule has 9 nitrogen and oxygen atoms in total. The second-order valence-corrected chi connectivity index (χ2v) is 10.6. The summed E-state index contributed by atoms with van der Waals surface area (Å²) in [5.41, 5.74) is 4.58. The first-order chi connectivity index (χ1) is 19.5. The van der Waals surface area contributed by atoms with Crippen molar-refractivity contribution < 1.29 is 19.0 Å². The van der Waals surface area contributed by atoms with Crippen molar-refractivity contribution in [3.05, 3.63) is 82.6 Å². The Morgan fingerprint density at radius 2 is 2.10 bits per heavy atom. The van der Waals surface area contributed by atoms with Gasteiger partial charge in [-0.15, -0.1) is 11.3 Å². The molecule has 5 aromatic rings. The molecule has 0 saturated heterocycles. The number of amides is 1. The molecule has 3 N–H and O–H groups in total. The molecule has 0 radical (unpaired) electrons. The first-order valence-corrected chi connectivity index (χ1v) is 13.8. The van der Waals surface area contributed by atoms with Crippen LogP contribution >= 0.6 is 22.9 Å². The Labute approximate surface area is 237 Å². The van der Waals surface area contributed by atoms with Gasteiger partial charge in [0.2, 0.25) is 5.91 Å². The van der Waals surface area contributed by atoms with Crippen molar-refractivity contribution in [2.75, 3.05) is 18.5 Å². The number of hydrogen-bond donors (Lipinski definition) is 3. The molecule has 0 fully saturated rings. The third-order valence-corrected chi connectivity index (χ3v) is 8.07. The Hall–Kier alpha value is -4.06. The number of carbonyl (C=O) groups excluding carboxylic acids is 1. The number of aliphatic hydroxyl groups is 1. The van der Waals surface area contributed by atoms with Crippen molar-refractivity contribution in [2.24, 2.45) is 0 Å². The topological polar surface area (TPSA) is 114 Å². The normalized spacial score (nSPS) is 12.2. The summed E-state index contributed by atoms with van der Waals surface area (Å²) in [6.45, 7) is 0.411. The molecule has 2 aromatic carbocycles. The minimum absolute atomic E-state index is 0.102. The van der Waals surface area contributed by atoms with Gasteiger partial charge in [0.15, 0.2) is 0 Å². The summed E-state index contributed by atoms with van der Waals surface area (Å²) >= 11 is 8.08. The number of hydrogen-bond acceptors (Lipinski definition) is 8.